The first kappa shape index (κ1) is 13.5. The predicted molar refractivity (Wildman–Crippen MR) is 74.1 cm³/mol. The van der Waals surface area contributed by atoms with Gasteiger partial charge in [-0.3, -0.25) is 4.21 Å². The number of likely N-dealkylation sites (N-methyl/N-ethyl adjacent to an activating group) is 1. The fraction of sp³-hybridized carbons (Fsp3) is 0.538. The highest BCUT2D eigenvalue weighted by molar-refractivity contribution is 7.85. The van der Waals surface area contributed by atoms with Crippen LogP contribution >= 0.6 is 0 Å². The summed E-state index contributed by atoms with van der Waals surface area (Å²) in [7, 11) is 1.01. The maximum atomic E-state index is 12.3. The third kappa shape index (κ3) is 3.10. The van der Waals surface area contributed by atoms with Crippen LogP contribution in [0, 0.1) is 6.92 Å². The van der Waals surface area contributed by atoms with Crippen molar-refractivity contribution in [3.63, 3.8) is 0 Å². The fourth-order valence-electron chi connectivity index (χ4n) is 2.10. The van der Waals surface area contributed by atoms with Crippen molar-refractivity contribution in [2.45, 2.75) is 17.9 Å². The van der Waals surface area contributed by atoms with Crippen LogP contribution in [-0.4, -0.2) is 47.7 Å². The summed E-state index contributed by atoms with van der Waals surface area (Å²) in [4.78, 5) is 3.03. The summed E-state index contributed by atoms with van der Waals surface area (Å²) in [6.07, 6.45) is 0.0467. The molecule has 0 saturated carbocycles. The van der Waals surface area contributed by atoms with Gasteiger partial charge in [-0.2, -0.15) is 0 Å². The zero-order valence-corrected chi connectivity index (χ0v) is 11.7. The lowest BCUT2D eigenvalue weighted by Crippen LogP contribution is -2.42. The molecule has 0 radical (unpaired) electrons. The molecule has 0 aromatic heterocycles. The molecule has 1 fully saturated rings. The lowest BCUT2D eigenvalue weighted by molar-refractivity contribution is -0.00640. The van der Waals surface area contributed by atoms with Gasteiger partial charge in [0.05, 0.1) is 29.3 Å². The Morgan fingerprint density at radius 1 is 1.56 bits per heavy atom. The van der Waals surface area contributed by atoms with E-state index in [0.717, 1.165) is 23.5 Å². The average molecular weight is 268 g/mol. The summed E-state index contributed by atoms with van der Waals surface area (Å²) in [6.45, 7) is 4.41. The molecule has 1 aromatic rings. The molecule has 5 heteroatoms. The van der Waals surface area contributed by atoms with Crippen LogP contribution in [0.25, 0.3) is 0 Å². The lowest BCUT2D eigenvalue weighted by Gasteiger charge is -2.29. The first-order valence-electron chi connectivity index (χ1n) is 6.11. The van der Waals surface area contributed by atoms with Crippen molar-refractivity contribution in [3.05, 3.63) is 23.8 Å². The molecule has 1 heterocycles. The van der Waals surface area contributed by atoms with E-state index in [9.17, 15) is 4.21 Å². The normalized spacial score (nSPS) is 22.9. The zero-order chi connectivity index (χ0) is 13.1. The minimum atomic E-state index is -1.05. The van der Waals surface area contributed by atoms with Gasteiger partial charge < -0.3 is 15.4 Å². The van der Waals surface area contributed by atoms with Gasteiger partial charge in [-0.1, -0.05) is 6.07 Å². The highest BCUT2D eigenvalue weighted by Crippen LogP contribution is 2.20. The van der Waals surface area contributed by atoms with E-state index in [0.29, 0.717) is 18.0 Å². The van der Waals surface area contributed by atoms with Gasteiger partial charge in [-0.15, -0.1) is 0 Å². The van der Waals surface area contributed by atoms with Gasteiger partial charge in [-0.05, 0) is 31.7 Å². The van der Waals surface area contributed by atoms with Gasteiger partial charge >= 0.3 is 0 Å². The number of hydrogen-bond acceptors (Lipinski definition) is 4. The number of nitrogens with two attached hydrogens (primary N) is 1. The van der Waals surface area contributed by atoms with E-state index >= 15 is 0 Å². The fourth-order valence-corrected chi connectivity index (χ4v) is 3.51. The molecule has 2 unspecified atom stereocenters. The molecule has 0 amide bonds. The summed E-state index contributed by atoms with van der Waals surface area (Å²) in [6, 6.07) is 5.57. The van der Waals surface area contributed by atoms with E-state index in [4.69, 9.17) is 10.5 Å². The molecule has 4 nitrogen and oxygen atoms in total. The van der Waals surface area contributed by atoms with Crippen LogP contribution in [0.4, 0.5) is 5.69 Å². The van der Waals surface area contributed by atoms with Crippen molar-refractivity contribution in [2.75, 3.05) is 38.2 Å². The molecular formula is C13H20N2O2S. The van der Waals surface area contributed by atoms with Crippen LogP contribution < -0.4 is 5.73 Å². The smallest absolute Gasteiger partial charge is 0.0821 e. The van der Waals surface area contributed by atoms with E-state index in [1.807, 2.05) is 25.1 Å². The lowest BCUT2D eigenvalue weighted by atomic mass is 10.2. The SMILES string of the molecule is Cc1c(N)cccc1S(=O)CC1CN(C)CCO1. The van der Waals surface area contributed by atoms with Gasteiger partial charge in [0.1, 0.15) is 0 Å². The summed E-state index contributed by atoms with van der Waals surface area (Å²) in [5.74, 6) is 0.536. The highest BCUT2D eigenvalue weighted by Gasteiger charge is 2.21. The molecule has 0 aliphatic carbocycles. The van der Waals surface area contributed by atoms with Crippen LogP contribution in [0.15, 0.2) is 23.1 Å². The van der Waals surface area contributed by atoms with Gasteiger partial charge in [0.15, 0.2) is 0 Å². The molecule has 100 valence electrons. The van der Waals surface area contributed by atoms with Crippen LogP contribution in [0.1, 0.15) is 5.56 Å². The standard InChI is InChI=1S/C13H20N2O2S/c1-10-12(14)4-3-5-13(10)18(16)9-11-8-15(2)6-7-17-11/h3-5,11H,6-9,14H2,1-2H3. The van der Waals surface area contributed by atoms with E-state index < -0.39 is 10.8 Å². The topological polar surface area (TPSA) is 55.6 Å². The Morgan fingerprint density at radius 2 is 2.33 bits per heavy atom. The maximum absolute atomic E-state index is 12.3. The number of anilines is 1. The first-order chi connectivity index (χ1) is 8.58. The number of morpholine rings is 1. The molecule has 1 aliphatic rings. The summed E-state index contributed by atoms with van der Waals surface area (Å²) >= 11 is 0. The number of nitrogen functional groups attached to an aromatic ring is 1. The Balaban J connectivity index is 2.05. The van der Waals surface area contributed by atoms with Gasteiger partial charge in [0.2, 0.25) is 0 Å². The van der Waals surface area contributed by atoms with Crippen LogP contribution in [0.3, 0.4) is 0 Å². The number of rotatable bonds is 3. The number of ether oxygens (including phenoxy) is 1. The minimum Gasteiger partial charge on any atom is -0.398 e. The Bertz CT molecular complexity index is 451. The van der Waals surface area contributed by atoms with E-state index in [1.165, 1.54) is 0 Å². The number of nitrogens with zero attached hydrogens (tertiary/aromatic N) is 1. The molecule has 2 N–H and O–H groups in total. The molecular weight excluding hydrogens is 248 g/mol. The molecule has 0 spiro atoms. The van der Waals surface area contributed by atoms with Crippen LogP contribution in [0.2, 0.25) is 0 Å². The van der Waals surface area contributed by atoms with E-state index in [-0.39, 0.29) is 6.10 Å². The van der Waals surface area contributed by atoms with E-state index in [1.54, 1.807) is 0 Å². The molecule has 1 aromatic carbocycles. The monoisotopic (exact) mass is 268 g/mol. The largest absolute Gasteiger partial charge is 0.398 e. The minimum absolute atomic E-state index is 0.0467. The molecule has 18 heavy (non-hydrogen) atoms. The van der Waals surface area contributed by atoms with Crippen molar-refractivity contribution in [2.24, 2.45) is 0 Å². The maximum Gasteiger partial charge on any atom is 0.0821 e. The van der Waals surface area contributed by atoms with Crippen molar-refractivity contribution in [1.82, 2.24) is 4.90 Å². The predicted octanol–water partition coefficient (Wildman–Crippen LogP) is 1.02. The van der Waals surface area contributed by atoms with Crippen LogP contribution in [-0.2, 0) is 15.5 Å². The Labute approximate surface area is 111 Å². The summed E-state index contributed by atoms with van der Waals surface area (Å²) in [5, 5.41) is 0. The van der Waals surface area contributed by atoms with Crippen molar-refractivity contribution < 1.29 is 8.95 Å². The second kappa shape index (κ2) is 5.82. The zero-order valence-electron chi connectivity index (χ0n) is 10.9. The Kier molecular flexibility index (Phi) is 4.37. The van der Waals surface area contributed by atoms with Gasteiger partial charge in [0, 0.05) is 23.7 Å². The molecule has 2 rings (SSSR count). The molecule has 2 atom stereocenters. The first-order valence-corrected chi connectivity index (χ1v) is 7.43. The molecule has 1 saturated heterocycles. The average Bonchev–Trinajstić information content (AvgIpc) is 2.32. The quantitative estimate of drug-likeness (QED) is 0.832. The van der Waals surface area contributed by atoms with Gasteiger partial charge in [-0.25, -0.2) is 0 Å². The Hall–Kier alpha value is -0.910. The molecule has 1 aliphatic heterocycles. The second-order valence-corrected chi connectivity index (χ2v) is 6.20. The van der Waals surface area contributed by atoms with Crippen molar-refractivity contribution >= 4 is 16.5 Å². The van der Waals surface area contributed by atoms with Gasteiger partial charge in [0.25, 0.3) is 0 Å². The summed E-state index contributed by atoms with van der Waals surface area (Å²) < 4.78 is 18.0. The van der Waals surface area contributed by atoms with Crippen LogP contribution in [0.5, 0.6) is 0 Å². The van der Waals surface area contributed by atoms with Crippen molar-refractivity contribution in [3.8, 4) is 0 Å². The third-order valence-electron chi connectivity index (χ3n) is 3.25. The third-order valence-corrected chi connectivity index (χ3v) is 4.86. The highest BCUT2D eigenvalue weighted by atomic mass is 32.2. The van der Waals surface area contributed by atoms with Crippen molar-refractivity contribution in [1.29, 1.82) is 0 Å². The van der Waals surface area contributed by atoms with E-state index in [2.05, 4.69) is 11.9 Å². The summed E-state index contributed by atoms with van der Waals surface area (Å²) in [5.41, 5.74) is 7.45. The second-order valence-electron chi connectivity index (χ2n) is 4.74. The number of hydrogen-bond donors (Lipinski definition) is 1. The molecule has 0 bridgehead atoms. The Morgan fingerprint density at radius 3 is 3.06 bits per heavy atom. The number of benzene rings is 1.